The van der Waals surface area contributed by atoms with Crippen LogP contribution >= 0.6 is 11.3 Å². The summed E-state index contributed by atoms with van der Waals surface area (Å²) in [5, 5.41) is 4.68. The van der Waals surface area contributed by atoms with Crippen LogP contribution in [-0.2, 0) is 0 Å². The van der Waals surface area contributed by atoms with Gasteiger partial charge in [-0.2, -0.15) is 0 Å². The maximum absolute atomic E-state index is 6.99. The van der Waals surface area contributed by atoms with Crippen LogP contribution in [0.1, 0.15) is 0 Å². The van der Waals surface area contributed by atoms with Gasteiger partial charge in [0.15, 0.2) is 5.58 Å². The molecule has 0 aliphatic rings. The van der Waals surface area contributed by atoms with Gasteiger partial charge in [-0.3, -0.25) is 0 Å². The molecule has 0 aliphatic carbocycles. The monoisotopic (exact) mass is 669 g/mol. The maximum atomic E-state index is 6.99. The van der Waals surface area contributed by atoms with Crippen LogP contribution in [0.15, 0.2) is 192 Å². The predicted molar refractivity (Wildman–Crippen MR) is 218 cm³/mol. The minimum absolute atomic E-state index is 0.878. The number of hydrogen-bond donors (Lipinski definition) is 0. The van der Waals surface area contributed by atoms with Crippen molar-refractivity contribution in [2.45, 2.75) is 0 Å². The van der Waals surface area contributed by atoms with E-state index in [-0.39, 0.29) is 0 Å². The molecule has 10 aromatic rings. The van der Waals surface area contributed by atoms with E-state index < -0.39 is 0 Å². The van der Waals surface area contributed by atoms with Crippen LogP contribution in [0.3, 0.4) is 0 Å². The number of furan rings is 1. The molecule has 10 rings (SSSR count). The van der Waals surface area contributed by atoms with Crippen LogP contribution in [0, 0.1) is 0 Å². The zero-order chi connectivity index (χ0) is 33.7. The molecule has 0 fully saturated rings. The third-order valence-electron chi connectivity index (χ3n) is 9.91. The van der Waals surface area contributed by atoms with Gasteiger partial charge in [-0.05, 0) is 81.9 Å². The van der Waals surface area contributed by atoms with E-state index in [9.17, 15) is 0 Å². The summed E-state index contributed by atoms with van der Waals surface area (Å²) in [7, 11) is 0. The van der Waals surface area contributed by atoms with Crippen molar-refractivity contribution in [1.82, 2.24) is 0 Å². The summed E-state index contributed by atoms with van der Waals surface area (Å²) in [5.74, 6) is 0. The molecule has 2 aromatic heterocycles. The fraction of sp³-hybridized carbons (Fsp3) is 0. The summed E-state index contributed by atoms with van der Waals surface area (Å²) in [6, 6.07) is 67.2. The Balaban J connectivity index is 1.11. The number of rotatable bonds is 6. The lowest BCUT2D eigenvalue weighted by Gasteiger charge is -2.26. The van der Waals surface area contributed by atoms with Crippen LogP contribution in [0.5, 0.6) is 0 Å². The van der Waals surface area contributed by atoms with E-state index in [1.54, 1.807) is 0 Å². The molecular formula is C48H31NOS. The summed E-state index contributed by atoms with van der Waals surface area (Å²) in [5.41, 5.74) is 12.1. The van der Waals surface area contributed by atoms with E-state index in [1.165, 1.54) is 53.6 Å². The van der Waals surface area contributed by atoms with Crippen LogP contribution in [0.4, 0.5) is 17.1 Å². The summed E-state index contributed by atoms with van der Waals surface area (Å²) in [6.45, 7) is 0. The first-order chi connectivity index (χ1) is 25.3. The van der Waals surface area contributed by atoms with Crippen LogP contribution < -0.4 is 4.90 Å². The van der Waals surface area contributed by atoms with Crippen molar-refractivity contribution in [2.24, 2.45) is 0 Å². The van der Waals surface area contributed by atoms with Crippen molar-refractivity contribution in [3.05, 3.63) is 188 Å². The van der Waals surface area contributed by atoms with Gasteiger partial charge in [0.25, 0.3) is 0 Å². The molecule has 2 heterocycles. The van der Waals surface area contributed by atoms with Gasteiger partial charge in [0, 0.05) is 42.3 Å². The molecule has 0 radical (unpaired) electrons. The van der Waals surface area contributed by atoms with Crippen molar-refractivity contribution < 1.29 is 4.42 Å². The summed E-state index contributed by atoms with van der Waals surface area (Å²) < 4.78 is 9.50. The number of para-hydroxylation sites is 1. The molecule has 240 valence electrons. The lowest BCUT2D eigenvalue weighted by molar-refractivity contribution is 0.673. The first-order valence-electron chi connectivity index (χ1n) is 17.3. The number of benzene rings is 8. The Bertz CT molecular complexity index is 2810. The molecule has 0 spiro atoms. The third-order valence-corrected chi connectivity index (χ3v) is 11.0. The molecule has 0 saturated carbocycles. The van der Waals surface area contributed by atoms with Gasteiger partial charge in [0.2, 0.25) is 0 Å². The van der Waals surface area contributed by atoms with Gasteiger partial charge in [0.1, 0.15) is 5.58 Å². The van der Waals surface area contributed by atoms with Crippen molar-refractivity contribution in [3.63, 3.8) is 0 Å². The van der Waals surface area contributed by atoms with Crippen molar-refractivity contribution in [2.75, 3.05) is 4.90 Å². The zero-order valence-corrected chi connectivity index (χ0v) is 28.5. The zero-order valence-electron chi connectivity index (χ0n) is 27.7. The summed E-state index contributed by atoms with van der Waals surface area (Å²) in [6.07, 6.45) is 0. The van der Waals surface area contributed by atoms with Crippen LogP contribution in [0.25, 0.3) is 75.5 Å². The van der Waals surface area contributed by atoms with Crippen molar-refractivity contribution in [1.29, 1.82) is 0 Å². The number of hydrogen-bond acceptors (Lipinski definition) is 3. The topological polar surface area (TPSA) is 16.4 Å². The van der Waals surface area contributed by atoms with Gasteiger partial charge in [-0.15, -0.1) is 11.3 Å². The number of nitrogens with zero attached hydrogens (tertiary/aromatic N) is 1. The fourth-order valence-corrected chi connectivity index (χ4v) is 8.48. The van der Waals surface area contributed by atoms with E-state index in [1.807, 2.05) is 11.3 Å². The Morgan fingerprint density at radius 1 is 0.333 bits per heavy atom. The van der Waals surface area contributed by atoms with Gasteiger partial charge in [-0.25, -0.2) is 0 Å². The fourth-order valence-electron chi connectivity index (χ4n) is 7.38. The molecule has 0 N–H and O–H groups in total. The van der Waals surface area contributed by atoms with E-state index in [4.69, 9.17) is 4.42 Å². The summed E-state index contributed by atoms with van der Waals surface area (Å²) >= 11 is 1.82. The lowest BCUT2D eigenvalue weighted by Crippen LogP contribution is -2.10. The minimum Gasteiger partial charge on any atom is -0.453 e. The van der Waals surface area contributed by atoms with E-state index >= 15 is 0 Å². The van der Waals surface area contributed by atoms with Gasteiger partial charge in [-0.1, -0.05) is 140 Å². The predicted octanol–water partition coefficient (Wildman–Crippen LogP) is 14.4. The molecule has 51 heavy (non-hydrogen) atoms. The highest BCUT2D eigenvalue weighted by molar-refractivity contribution is 7.26. The molecule has 0 bridgehead atoms. The highest BCUT2D eigenvalue weighted by Gasteiger charge is 2.21. The maximum Gasteiger partial charge on any atom is 0.159 e. The smallest absolute Gasteiger partial charge is 0.159 e. The SMILES string of the molecule is c1ccc(-c2ccc(-c3ccc(N(c4ccc(-c5ccccc5)cc4)c4cccc5c4oc4c5ccc5sc6ccccc6c54)cc3)cc2)cc1. The standard InChI is InChI=1S/C48H31NOS/c1-3-10-32(11-4-1)34-18-20-35(21-19-34)37-24-28-39(29-25-37)49(38-26-22-36(23-27-38)33-12-5-2-6-13-33)43-16-9-15-40-41-30-31-45-46(48(41)50-47(40)43)42-14-7-8-17-44(42)51-45/h1-31H. The largest absolute Gasteiger partial charge is 0.453 e. The number of fused-ring (bicyclic) bond motifs is 7. The second kappa shape index (κ2) is 12.2. The molecule has 0 saturated heterocycles. The van der Waals surface area contributed by atoms with Crippen molar-refractivity contribution in [3.8, 4) is 33.4 Å². The van der Waals surface area contributed by atoms with E-state index in [0.717, 1.165) is 39.0 Å². The summed E-state index contributed by atoms with van der Waals surface area (Å²) in [4.78, 5) is 2.32. The molecular weight excluding hydrogens is 639 g/mol. The van der Waals surface area contributed by atoms with E-state index in [0.29, 0.717) is 0 Å². The Morgan fingerprint density at radius 3 is 1.39 bits per heavy atom. The Labute approximate surface area is 300 Å². The number of anilines is 3. The van der Waals surface area contributed by atoms with E-state index in [2.05, 4.69) is 193 Å². The molecule has 0 amide bonds. The highest BCUT2D eigenvalue weighted by Crippen LogP contribution is 2.46. The first-order valence-corrected chi connectivity index (χ1v) is 18.1. The molecule has 2 nitrogen and oxygen atoms in total. The Kier molecular flexibility index (Phi) is 7.04. The molecule has 0 atom stereocenters. The van der Waals surface area contributed by atoms with Crippen molar-refractivity contribution >= 4 is 70.5 Å². The van der Waals surface area contributed by atoms with Crippen LogP contribution in [0.2, 0.25) is 0 Å². The molecule has 3 heteroatoms. The Hall–Kier alpha value is -6.42. The first kappa shape index (κ1) is 29.5. The third kappa shape index (κ3) is 5.10. The number of thiophene rings is 1. The average Bonchev–Trinajstić information content (AvgIpc) is 3.78. The average molecular weight is 670 g/mol. The minimum atomic E-state index is 0.878. The second-order valence-corrected chi connectivity index (χ2v) is 14.0. The van der Waals surface area contributed by atoms with Gasteiger partial charge >= 0.3 is 0 Å². The van der Waals surface area contributed by atoms with Gasteiger partial charge < -0.3 is 9.32 Å². The normalized spacial score (nSPS) is 11.5. The molecule has 0 unspecified atom stereocenters. The lowest BCUT2D eigenvalue weighted by atomic mass is 10.00. The quantitative estimate of drug-likeness (QED) is 0.175. The Morgan fingerprint density at radius 2 is 0.804 bits per heavy atom. The van der Waals surface area contributed by atoms with Gasteiger partial charge in [0.05, 0.1) is 5.69 Å². The second-order valence-electron chi connectivity index (χ2n) is 12.9. The van der Waals surface area contributed by atoms with Crippen LogP contribution in [-0.4, -0.2) is 0 Å². The molecule has 8 aromatic carbocycles. The molecule has 0 aliphatic heterocycles. The highest BCUT2D eigenvalue weighted by atomic mass is 32.1.